The molecule has 2 bridgehead atoms. The van der Waals surface area contributed by atoms with Gasteiger partial charge in [-0.05, 0) is 24.1 Å². The van der Waals surface area contributed by atoms with Crippen molar-refractivity contribution < 1.29 is 19.7 Å². The molecule has 4 heterocycles. The van der Waals surface area contributed by atoms with Crippen molar-refractivity contribution in [1.82, 2.24) is 0 Å². The zero-order valence-corrected chi connectivity index (χ0v) is 13.1. The number of fused-ring (bicyclic) bond motifs is 4. The Morgan fingerprint density at radius 3 is 3.05 bits per heavy atom. The second-order valence-electron chi connectivity index (χ2n) is 6.91. The largest absolute Gasteiger partial charge is 0.454 e. The topological polar surface area (TPSA) is 39.5 Å². The Hall–Kier alpha value is -1.52. The molecule has 0 spiro atoms. The van der Waals surface area contributed by atoms with Crippen LogP contribution in [0.1, 0.15) is 18.4 Å². The number of hydrogen-bond donors (Lipinski definition) is 2. The summed E-state index contributed by atoms with van der Waals surface area (Å²) in [6, 6.07) is 7.12. The second-order valence-corrected chi connectivity index (χ2v) is 6.91. The van der Waals surface area contributed by atoms with Crippen molar-refractivity contribution in [2.45, 2.75) is 25.4 Å². The van der Waals surface area contributed by atoms with Crippen LogP contribution in [0.25, 0.3) is 0 Å². The van der Waals surface area contributed by atoms with E-state index in [-0.39, 0.29) is 0 Å². The van der Waals surface area contributed by atoms with Crippen molar-refractivity contribution in [2.24, 2.45) is 11.8 Å². The van der Waals surface area contributed by atoms with Crippen molar-refractivity contribution in [1.29, 1.82) is 0 Å². The van der Waals surface area contributed by atoms with Crippen LogP contribution in [0.2, 0.25) is 0 Å². The fourth-order valence-corrected chi connectivity index (χ4v) is 4.41. The van der Waals surface area contributed by atoms with Gasteiger partial charge < -0.3 is 19.7 Å². The van der Waals surface area contributed by atoms with Crippen LogP contribution in [-0.4, -0.2) is 32.5 Å². The minimum Gasteiger partial charge on any atom is -0.454 e. The lowest BCUT2D eigenvalue weighted by molar-refractivity contribution is -0.958. The number of ether oxygens (including phenoxy) is 2. The smallest absolute Gasteiger partial charge is 0.231 e. The molecule has 3 fully saturated rings. The third-order valence-electron chi connectivity index (χ3n) is 5.68. The third-order valence-corrected chi connectivity index (χ3v) is 5.68. The zero-order valence-electron chi connectivity index (χ0n) is 13.1. The molecule has 4 heteroatoms. The number of piperidine rings is 3. The number of benzene rings is 1. The van der Waals surface area contributed by atoms with E-state index in [1.807, 2.05) is 6.07 Å². The standard InChI is InChI=1S/C18H24N2O2/c1-2-14-11-20-6-5-15(14)8-16(20)10-19-9-13-3-4-17-18(7-13)22-12-21-17/h2-4,7,14-16,19H,1,5-6,8-12H2/p+2/t14-,15-,16+/m0/s1. The first-order valence-electron chi connectivity index (χ1n) is 8.51. The number of nitrogens with two attached hydrogens (primary N) is 1. The van der Waals surface area contributed by atoms with Crippen LogP contribution in [-0.2, 0) is 6.54 Å². The van der Waals surface area contributed by atoms with Gasteiger partial charge in [-0.2, -0.15) is 0 Å². The van der Waals surface area contributed by atoms with Crippen LogP contribution in [0.3, 0.4) is 0 Å². The van der Waals surface area contributed by atoms with E-state index in [0.717, 1.165) is 35.9 Å². The summed E-state index contributed by atoms with van der Waals surface area (Å²) in [5, 5.41) is 2.46. The highest BCUT2D eigenvalue weighted by Crippen LogP contribution is 2.32. The van der Waals surface area contributed by atoms with Crippen LogP contribution in [0, 0.1) is 11.8 Å². The second kappa shape index (κ2) is 5.94. The first-order chi connectivity index (χ1) is 10.8. The number of hydrogen-bond acceptors (Lipinski definition) is 2. The summed E-state index contributed by atoms with van der Waals surface area (Å²) >= 11 is 0. The van der Waals surface area contributed by atoms with Crippen LogP contribution >= 0.6 is 0 Å². The monoisotopic (exact) mass is 302 g/mol. The quantitative estimate of drug-likeness (QED) is 0.749. The third kappa shape index (κ3) is 2.61. The Labute approximate surface area is 132 Å². The highest BCUT2D eigenvalue weighted by molar-refractivity contribution is 5.44. The Morgan fingerprint density at radius 2 is 2.23 bits per heavy atom. The van der Waals surface area contributed by atoms with E-state index in [2.05, 4.69) is 30.1 Å². The molecule has 1 unspecified atom stereocenters. The van der Waals surface area contributed by atoms with Gasteiger partial charge in [-0.25, -0.2) is 0 Å². The Morgan fingerprint density at radius 1 is 1.32 bits per heavy atom. The Kier molecular flexibility index (Phi) is 3.80. The molecule has 0 saturated carbocycles. The molecule has 4 aliphatic rings. The number of quaternary nitrogens is 2. The first-order valence-corrected chi connectivity index (χ1v) is 8.51. The Bertz CT molecular complexity index is 560. The van der Waals surface area contributed by atoms with E-state index < -0.39 is 0 Å². The molecule has 1 aromatic rings. The summed E-state index contributed by atoms with van der Waals surface area (Å²) in [6.07, 6.45) is 4.96. The van der Waals surface area contributed by atoms with Crippen LogP contribution in [0.4, 0.5) is 0 Å². The molecule has 0 amide bonds. The zero-order chi connectivity index (χ0) is 14.9. The SMILES string of the molecule is C=C[C@H]1C[NH+]2CC[C@H]1C[C@@H]2C[NH2+]Cc1ccc2c(c1)OCO2. The van der Waals surface area contributed by atoms with Gasteiger partial charge in [0.05, 0.1) is 13.1 Å². The summed E-state index contributed by atoms with van der Waals surface area (Å²) in [7, 11) is 0. The average molecular weight is 302 g/mol. The molecule has 3 N–H and O–H groups in total. The minimum absolute atomic E-state index is 0.356. The van der Waals surface area contributed by atoms with E-state index >= 15 is 0 Å². The van der Waals surface area contributed by atoms with E-state index in [4.69, 9.17) is 9.47 Å². The summed E-state index contributed by atoms with van der Waals surface area (Å²) < 4.78 is 10.8. The van der Waals surface area contributed by atoms with Crippen molar-refractivity contribution in [2.75, 3.05) is 26.4 Å². The predicted molar refractivity (Wildman–Crippen MR) is 84.0 cm³/mol. The molecule has 0 aliphatic carbocycles. The van der Waals surface area contributed by atoms with Crippen molar-refractivity contribution in [3.05, 3.63) is 36.4 Å². The van der Waals surface area contributed by atoms with Gasteiger partial charge >= 0.3 is 0 Å². The lowest BCUT2D eigenvalue weighted by atomic mass is 9.75. The molecule has 0 aromatic heterocycles. The first kappa shape index (κ1) is 14.1. The van der Waals surface area contributed by atoms with Gasteiger partial charge in [0.25, 0.3) is 0 Å². The van der Waals surface area contributed by atoms with Crippen molar-refractivity contribution in [3.63, 3.8) is 0 Å². The summed E-state index contributed by atoms with van der Waals surface area (Å²) in [4.78, 5) is 1.80. The van der Waals surface area contributed by atoms with Gasteiger partial charge in [0, 0.05) is 24.3 Å². The van der Waals surface area contributed by atoms with Crippen LogP contribution in [0.5, 0.6) is 11.5 Å². The molecular weight excluding hydrogens is 276 g/mol. The molecule has 4 aliphatic heterocycles. The van der Waals surface area contributed by atoms with Gasteiger partial charge in [-0.1, -0.05) is 6.08 Å². The van der Waals surface area contributed by atoms with E-state index in [9.17, 15) is 0 Å². The lowest BCUT2D eigenvalue weighted by Crippen LogP contribution is -3.21. The summed E-state index contributed by atoms with van der Waals surface area (Å²) in [6.45, 7) is 9.28. The fraction of sp³-hybridized carbons (Fsp3) is 0.556. The molecule has 4 atom stereocenters. The number of nitrogens with one attached hydrogen (secondary N) is 1. The van der Waals surface area contributed by atoms with E-state index in [0.29, 0.717) is 6.79 Å². The Balaban J connectivity index is 1.30. The van der Waals surface area contributed by atoms with Gasteiger partial charge in [-0.15, -0.1) is 6.58 Å². The minimum atomic E-state index is 0.356. The summed E-state index contributed by atoms with van der Waals surface area (Å²) in [5.74, 6) is 3.41. The molecule has 22 heavy (non-hydrogen) atoms. The highest BCUT2D eigenvalue weighted by Gasteiger charge is 2.42. The highest BCUT2D eigenvalue weighted by atomic mass is 16.7. The van der Waals surface area contributed by atoms with Gasteiger partial charge in [0.15, 0.2) is 11.5 Å². The molecular formula is C18H26N2O2+2. The maximum absolute atomic E-state index is 5.45. The molecule has 1 aromatic carbocycles. The maximum Gasteiger partial charge on any atom is 0.231 e. The maximum atomic E-state index is 5.45. The van der Waals surface area contributed by atoms with Gasteiger partial charge in [0.2, 0.25) is 6.79 Å². The fourth-order valence-electron chi connectivity index (χ4n) is 4.41. The van der Waals surface area contributed by atoms with Gasteiger partial charge in [-0.3, -0.25) is 0 Å². The van der Waals surface area contributed by atoms with Crippen molar-refractivity contribution >= 4 is 0 Å². The van der Waals surface area contributed by atoms with Crippen molar-refractivity contribution in [3.8, 4) is 11.5 Å². The lowest BCUT2D eigenvalue weighted by Gasteiger charge is -2.45. The predicted octanol–water partition coefficient (Wildman–Crippen LogP) is -0.0420. The van der Waals surface area contributed by atoms with Crippen LogP contribution in [0.15, 0.2) is 30.9 Å². The average Bonchev–Trinajstić information content (AvgIpc) is 3.03. The molecule has 118 valence electrons. The molecule has 4 nitrogen and oxygen atoms in total. The van der Waals surface area contributed by atoms with E-state index in [1.165, 1.54) is 38.0 Å². The number of rotatable bonds is 5. The van der Waals surface area contributed by atoms with Crippen LogP contribution < -0.4 is 19.7 Å². The normalized spacial score (nSPS) is 32.2. The van der Waals surface area contributed by atoms with Gasteiger partial charge in [0.1, 0.15) is 19.1 Å². The van der Waals surface area contributed by atoms with E-state index in [1.54, 1.807) is 4.90 Å². The molecule has 3 saturated heterocycles. The molecule has 0 radical (unpaired) electrons. The summed E-state index contributed by atoms with van der Waals surface area (Å²) in [5.41, 5.74) is 1.32. The molecule has 5 rings (SSSR count).